The minimum atomic E-state index is -1.23. The number of ether oxygens (including phenoxy) is 1. The molecule has 7 nitrogen and oxygen atoms in total. The van der Waals surface area contributed by atoms with Gasteiger partial charge >= 0.3 is 11.9 Å². The summed E-state index contributed by atoms with van der Waals surface area (Å²) in [6.07, 6.45) is 10.9. The van der Waals surface area contributed by atoms with E-state index in [9.17, 15) is 19.5 Å². The number of carboxylic acid groups (broad SMARTS) is 2. The molecule has 0 bridgehead atoms. The van der Waals surface area contributed by atoms with Gasteiger partial charge in [-0.25, -0.2) is 0 Å². The molecule has 0 aliphatic rings. The van der Waals surface area contributed by atoms with Crippen molar-refractivity contribution in [1.82, 2.24) is 0 Å². The molecule has 7 heteroatoms. The normalized spacial score (nSPS) is 13.5. The molecule has 0 aromatic heterocycles. The zero-order valence-corrected chi connectivity index (χ0v) is 15.7. The van der Waals surface area contributed by atoms with Crippen molar-refractivity contribution >= 4 is 17.9 Å². The highest BCUT2D eigenvalue weighted by Crippen LogP contribution is 2.08. The molecule has 26 heavy (non-hydrogen) atoms. The number of allylic oxidation sites excluding steroid dienone is 5. The number of esters is 1. The van der Waals surface area contributed by atoms with Crippen LogP contribution < -0.4 is 5.11 Å². The SMILES string of the molecule is C[N+](C)(C)CC(CC(=O)[O-])OC(=O)CCC/C=C/C=C/C=C/CC(=O)O. The number of likely N-dealkylation sites (N-methyl/N-ethyl adjacent to an activating group) is 1. The number of unbranched alkanes of at least 4 members (excludes halogenated alkanes) is 1. The molecule has 0 aliphatic heterocycles. The van der Waals surface area contributed by atoms with Crippen molar-refractivity contribution in [3.05, 3.63) is 36.5 Å². The topological polar surface area (TPSA) is 104 Å². The first-order valence-electron chi connectivity index (χ1n) is 8.50. The molecule has 0 rings (SSSR count). The van der Waals surface area contributed by atoms with Gasteiger partial charge in [0.05, 0.1) is 27.6 Å². The van der Waals surface area contributed by atoms with Crippen molar-refractivity contribution in [3.63, 3.8) is 0 Å². The summed E-state index contributed by atoms with van der Waals surface area (Å²) in [6.45, 7) is 0.403. The molecule has 146 valence electrons. The highest BCUT2D eigenvalue weighted by molar-refractivity contribution is 5.71. The van der Waals surface area contributed by atoms with Crippen molar-refractivity contribution in [2.75, 3.05) is 27.7 Å². The average molecular weight is 367 g/mol. The Balaban J connectivity index is 4.10. The molecule has 1 atom stereocenters. The van der Waals surface area contributed by atoms with Crippen LogP contribution in [0.5, 0.6) is 0 Å². The molecule has 0 saturated heterocycles. The van der Waals surface area contributed by atoms with E-state index < -0.39 is 24.0 Å². The van der Waals surface area contributed by atoms with E-state index in [1.165, 1.54) is 0 Å². The summed E-state index contributed by atoms with van der Waals surface area (Å²) >= 11 is 0. The maximum Gasteiger partial charge on any atom is 0.307 e. The second kappa shape index (κ2) is 12.9. The van der Waals surface area contributed by atoms with Gasteiger partial charge in [-0.1, -0.05) is 36.5 Å². The van der Waals surface area contributed by atoms with E-state index in [-0.39, 0.29) is 19.3 Å². The van der Waals surface area contributed by atoms with Crippen LogP contribution in [0.15, 0.2) is 36.5 Å². The fourth-order valence-corrected chi connectivity index (χ4v) is 2.10. The van der Waals surface area contributed by atoms with Crippen molar-refractivity contribution in [1.29, 1.82) is 0 Å². The Kier molecular flexibility index (Phi) is 11.7. The van der Waals surface area contributed by atoms with Crippen LogP contribution in [-0.4, -0.2) is 61.3 Å². The summed E-state index contributed by atoms with van der Waals surface area (Å²) in [7, 11) is 5.68. The predicted molar refractivity (Wildman–Crippen MR) is 95.9 cm³/mol. The van der Waals surface area contributed by atoms with Gasteiger partial charge in [-0.05, 0) is 12.8 Å². The first-order valence-corrected chi connectivity index (χ1v) is 8.50. The van der Waals surface area contributed by atoms with Crippen LogP contribution in [0.3, 0.4) is 0 Å². The summed E-state index contributed by atoms with van der Waals surface area (Å²) in [4.78, 5) is 32.9. The van der Waals surface area contributed by atoms with Gasteiger partial charge < -0.3 is 24.2 Å². The minimum Gasteiger partial charge on any atom is -0.550 e. The minimum absolute atomic E-state index is 0.0107. The van der Waals surface area contributed by atoms with E-state index >= 15 is 0 Å². The summed E-state index contributed by atoms with van der Waals surface area (Å²) in [5.41, 5.74) is 0. The Morgan fingerprint density at radius 2 is 1.69 bits per heavy atom. The van der Waals surface area contributed by atoms with Gasteiger partial charge in [-0.15, -0.1) is 0 Å². The zero-order chi connectivity index (χ0) is 20.0. The lowest BCUT2D eigenvalue weighted by atomic mass is 10.2. The molecular formula is C19H29NO6. The van der Waals surface area contributed by atoms with Crippen LogP contribution >= 0.6 is 0 Å². The molecule has 0 heterocycles. The second-order valence-electron chi connectivity index (χ2n) is 6.89. The molecule has 0 fully saturated rings. The van der Waals surface area contributed by atoms with Gasteiger partial charge in [0.2, 0.25) is 0 Å². The highest BCUT2D eigenvalue weighted by atomic mass is 16.5. The van der Waals surface area contributed by atoms with Gasteiger partial charge in [0, 0.05) is 18.8 Å². The number of carbonyl (C=O) groups excluding carboxylic acids is 2. The second-order valence-corrected chi connectivity index (χ2v) is 6.89. The maximum atomic E-state index is 11.8. The third kappa shape index (κ3) is 16.4. The molecule has 0 saturated carbocycles. The van der Waals surface area contributed by atoms with Gasteiger partial charge in [0.25, 0.3) is 0 Å². The van der Waals surface area contributed by atoms with Crippen molar-refractivity contribution in [2.24, 2.45) is 0 Å². The third-order valence-corrected chi connectivity index (χ3v) is 3.09. The van der Waals surface area contributed by atoms with Crippen LogP contribution in [-0.2, 0) is 19.1 Å². The van der Waals surface area contributed by atoms with E-state index in [4.69, 9.17) is 9.84 Å². The molecular weight excluding hydrogens is 338 g/mol. The fourth-order valence-electron chi connectivity index (χ4n) is 2.10. The van der Waals surface area contributed by atoms with E-state index in [1.807, 2.05) is 33.3 Å². The molecule has 0 spiro atoms. The lowest BCUT2D eigenvalue weighted by molar-refractivity contribution is -0.873. The number of carboxylic acids is 2. The molecule has 1 unspecified atom stereocenters. The van der Waals surface area contributed by atoms with Gasteiger partial charge in [-0.3, -0.25) is 9.59 Å². The number of rotatable bonds is 13. The molecule has 0 amide bonds. The number of aliphatic carboxylic acids is 2. The number of carbonyl (C=O) groups is 3. The number of hydrogen-bond acceptors (Lipinski definition) is 5. The van der Waals surface area contributed by atoms with Crippen molar-refractivity contribution in [2.45, 2.75) is 38.2 Å². The molecule has 0 aromatic rings. The van der Waals surface area contributed by atoms with Crippen LogP contribution in [0.4, 0.5) is 0 Å². The zero-order valence-electron chi connectivity index (χ0n) is 15.7. The van der Waals surface area contributed by atoms with Gasteiger partial charge in [0.1, 0.15) is 6.54 Å². The van der Waals surface area contributed by atoms with E-state index in [2.05, 4.69) is 0 Å². The predicted octanol–water partition coefficient (Wildman–Crippen LogP) is 1.06. The van der Waals surface area contributed by atoms with Crippen molar-refractivity contribution < 1.29 is 33.8 Å². The first-order chi connectivity index (χ1) is 12.1. The quantitative estimate of drug-likeness (QED) is 0.226. The smallest absolute Gasteiger partial charge is 0.307 e. The van der Waals surface area contributed by atoms with Crippen LogP contribution in [0.25, 0.3) is 0 Å². The molecule has 0 radical (unpaired) electrons. The summed E-state index contributed by atoms with van der Waals surface area (Å²) in [5, 5.41) is 19.2. The average Bonchev–Trinajstić information content (AvgIpc) is 2.46. The monoisotopic (exact) mass is 367 g/mol. The summed E-state index contributed by atoms with van der Waals surface area (Å²) in [5.74, 6) is -2.52. The Hall–Kier alpha value is -2.41. The first kappa shape index (κ1) is 23.6. The summed E-state index contributed by atoms with van der Waals surface area (Å²) < 4.78 is 5.75. The largest absolute Gasteiger partial charge is 0.550 e. The Morgan fingerprint density at radius 1 is 1.08 bits per heavy atom. The standard InChI is InChI=1S/C19H29NO6/c1-20(2,3)15-16(14-18(23)24)26-19(25)13-11-9-7-5-4-6-8-10-12-17(21)22/h4-8,10,16H,9,11-15H2,1-3H3,(H-,21,22,23,24)/b6-4+,7-5+,10-8+. The summed E-state index contributed by atoms with van der Waals surface area (Å²) in [6, 6.07) is 0. The van der Waals surface area contributed by atoms with Crippen LogP contribution in [0.2, 0.25) is 0 Å². The van der Waals surface area contributed by atoms with E-state index in [0.29, 0.717) is 23.9 Å². The molecule has 0 aliphatic carbocycles. The lowest BCUT2D eigenvalue weighted by Gasteiger charge is -2.29. The van der Waals surface area contributed by atoms with E-state index in [0.717, 1.165) is 0 Å². The number of nitrogens with zero attached hydrogens (tertiary/aromatic N) is 1. The van der Waals surface area contributed by atoms with E-state index in [1.54, 1.807) is 24.3 Å². The third-order valence-electron chi connectivity index (χ3n) is 3.09. The Bertz CT molecular complexity index is 543. The van der Waals surface area contributed by atoms with Crippen molar-refractivity contribution in [3.8, 4) is 0 Å². The van der Waals surface area contributed by atoms with Crippen LogP contribution in [0, 0.1) is 0 Å². The van der Waals surface area contributed by atoms with Crippen LogP contribution in [0.1, 0.15) is 32.1 Å². The Morgan fingerprint density at radius 3 is 2.23 bits per heavy atom. The molecule has 1 N–H and O–H groups in total. The maximum absolute atomic E-state index is 11.8. The molecule has 0 aromatic carbocycles. The Labute approximate surface area is 154 Å². The lowest BCUT2D eigenvalue weighted by Crippen LogP contribution is -2.45. The highest BCUT2D eigenvalue weighted by Gasteiger charge is 2.22. The number of quaternary nitrogens is 1. The van der Waals surface area contributed by atoms with Gasteiger partial charge in [-0.2, -0.15) is 0 Å². The van der Waals surface area contributed by atoms with Gasteiger partial charge in [0.15, 0.2) is 6.10 Å². The fraction of sp³-hybridized carbons (Fsp3) is 0.526. The number of hydrogen-bond donors (Lipinski definition) is 1.